The van der Waals surface area contributed by atoms with E-state index in [1.54, 1.807) is 0 Å². The molecule has 5 nitrogen and oxygen atoms in total. The lowest BCUT2D eigenvalue weighted by molar-refractivity contribution is -0.117. The number of amides is 1. The Bertz CT molecular complexity index is 1070. The number of aryl methyl sites for hydroxylation is 3. The van der Waals surface area contributed by atoms with Crippen LogP contribution in [0.5, 0.6) is 0 Å². The van der Waals surface area contributed by atoms with Crippen LogP contribution in [0.2, 0.25) is 0 Å². The van der Waals surface area contributed by atoms with E-state index in [1.807, 2.05) is 62.1 Å². The minimum absolute atomic E-state index is 0.0910. The average molecular weight is 429 g/mol. The van der Waals surface area contributed by atoms with Gasteiger partial charge in [0.25, 0.3) is 5.91 Å². The summed E-state index contributed by atoms with van der Waals surface area (Å²) in [4.78, 5) is 19.0. The third-order valence-electron chi connectivity index (χ3n) is 5.25. The van der Waals surface area contributed by atoms with Crippen LogP contribution in [0.15, 0.2) is 47.5 Å². The molecule has 2 aliphatic heterocycles. The molecule has 0 aromatic heterocycles. The lowest BCUT2D eigenvalue weighted by Gasteiger charge is -2.25. The Balaban J connectivity index is 1.66. The third-order valence-corrected chi connectivity index (χ3v) is 8.46. The molecular weight excluding hydrogens is 404 g/mol. The number of nitrogens with zero attached hydrogens (tertiary/aromatic N) is 2. The van der Waals surface area contributed by atoms with E-state index < -0.39 is 9.84 Å². The summed E-state index contributed by atoms with van der Waals surface area (Å²) in [7, 11) is -3.07. The zero-order valence-electron chi connectivity index (χ0n) is 16.8. The SMILES string of the molecule is Cc1ccc(CC(=O)N=C2S[C@@H]3CS(=O)(=O)C[C@H]3N2c2cc(C)cc(C)c2)cc1. The van der Waals surface area contributed by atoms with Gasteiger partial charge in [-0.25, -0.2) is 8.42 Å². The van der Waals surface area contributed by atoms with E-state index in [2.05, 4.69) is 11.1 Å². The van der Waals surface area contributed by atoms with Crippen LogP contribution in [0.25, 0.3) is 0 Å². The first-order valence-electron chi connectivity index (χ1n) is 9.62. The normalized spacial score (nSPS) is 24.1. The minimum Gasteiger partial charge on any atom is -0.316 e. The standard InChI is InChI=1S/C22H24N2O3S2/c1-14-4-6-17(7-5-14)11-21(25)23-22-24(18-9-15(2)8-16(3)10-18)19-12-29(26,27)13-20(19)28-22/h4-10,19-20H,11-13H2,1-3H3/t19-,20-/m1/s1. The zero-order valence-corrected chi connectivity index (χ0v) is 18.4. The molecule has 152 valence electrons. The predicted molar refractivity (Wildman–Crippen MR) is 120 cm³/mol. The van der Waals surface area contributed by atoms with Gasteiger partial charge in [0, 0.05) is 10.9 Å². The van der Waals surface area contributed by atoms with Crippen molar-refractivity contribution in [1.29, 1.82) is 0 Å². The molecule has 4 rings (SSSR count). The van der Waals surface area contributed by atoms with E-state index in [-0.39, 0.29) is 35.1 Å². The number of benzene rings is 2. The highest BCUT2D eigenvalue weighted by atomic mass is 32.2. The highest BCUT2D eigenvalue weighted by Crippen LogP contribution is 2.41. The van der Waals surface area contributed by atoms with Crippen LogP contribution >= 0.6 is 11.8 Å². The van der Waals surface area contributed by atoms with Gasteiger partial charge in [-0.2, -0.15) is 4.99 Å². The van der Waals surface area contributed by atoms with Gasteiger partial charge in [-0.1, -0.05) is 47.7 Å². The van der Waals surface area contributed by atoms with Crippen LogP contribution in [0.1, 0.15) is 22.3 Å². The second kappa shape index (κ2) is 7.61. The van der Waals surface area contributed by atoms with Gasteiger partial charge >= 0.3 is 0 Å². The number of carbonyl (C=O) groups excluding carboxylic acids is 1. The Kier molecular flexibility index (Phi) is 5.29. The third kappa shape index (κ3) is 4.41. The van der Waals surface area contributed by atoms with Gasteiger partial charge in [0.2, 0.25) is 0 Å². The molecule has 0 aliphatic carbocycles. The van der Waals surface area contributed by atoms with Crippen molar-refractivity contribution in [2.75, 3.05) is 16.4 Å². The second-order valence-electron chi connectivity index (χ2n) is 7.97. The summed E-state index contributed by atoms with van der Waals surface area (Å²) in [6.45, 7) is 6.04. The Labute approximate surface area is 176 Å². The molecule has 2 atom stereocenters. The maximum absolute atomic E-state index is 12.7. The van der Waals surface area contributed by atoms with E-state index in [0.29, 0.717) is 5.17 Å². The molecule has 29 heavy (non-hydrogen) atoms. The maximum Gasteiger partial charge on any atom is 0.252 e. The van der Waals surface area contributed by atoms with Gasteiger partial charge < -0.3 is 4.90 Å². The molecule has 2 heterocycles. The van der Waals surface area contributed by atoms with Crippen molar-refractivity contribution in [1.82, 2.24) is 0 Å². The summed E-state index contributed by atoms with van der Waals surface area (Å²) in [5.74, 6) is 0.0195. The molecule has 2 aromatic carbocycles. The highest BCUT2D eigenvalue weighted by Gasteiger charge is 2.49. The van der Waals surface area contributed by atoms with Crippen molar-refractivity contribution in [3.8, 4) is 0 Å². The number of thioether (sulfide) groups is 1. The number of amidine groups is 1. The summed E-state index contributed by atoms with van der Waals surface area (Å²) in [6.07, 6.45) is 0.235. The van der Waals surface area contributed by atoms with Crippen molar-refractivity contribution >= 4 is 38.4 Å². The predicted octanol–water partition coefficient (Wildman–Crippen LogP) is 3.46. The number of aliphatic imine (C=N–C) groups is 1. The van der Waals surface area contributed by atoms with Crippen molar-refractivity contribution < 1.29 is 13.2 Å². The Morgan fingerprint density at radius 1 is 1.03 bits per heavy atom. The minimum atomic E-state index is -3.07. The van der Waals surface area contributed by atoms with Crippen molar-refractivity contribution in [3.05, 3.63) is 64.7 Å². The van der Waals surface area contributed by atoms with Crippen LogP contribution in [0.3, 0.4) is 0 Å². The zero-order chi connectivity index (χ0) is 20.8. The van der Waals surface area contributed by atoms with Crippen molar-refractivity contribution in [2.24, 2.45) is 4.99 Å². The van der Waals surface area contributed by atoms with E-state index in [9.17, 15) is 13.2 Å². The lowest BCUT2D eigenvalue weighted by Crippen LogP contribution is -2.37. The lowest BCUT2D eigenvalue weighted by atomic mass is 10.1. The first-order chi connectivity index (χ1) is 13.7. The fourth-order valence-corrected chi connectivity index (χ4v) is 7.91. The molecule has 0 spiro atoms. The summed E-state index contributed by atoms with van der Waals surface area (Å²) in [5.41, 5.74) is 5.17. The molecular formula is C22H24N2O3S2. The van der Waals surface area contributed by atoms with Crippen LogP contribution < -0.4 is 4.90 Å². The van der Waals surface area contributed by atoms with Crippen LogP contribution in [-0.2, 0) is 21.1 Å². The number of carbonyl (C=O) groups is 1. The first-order valence-corrected chi connectivity index (χ1v) is 12.3. The molecule has 2 aromatic rings. The molecule has 1 amide bonds. The summed E-state index contributed by atoms with van der Waals surface area (Å²) in [5, 5.41) is 0.517. The van der Waals surface area contributed by atoms with Crippen molar-refractivity contribution in [2.45, 2.75) is 38.5 Å². The summed E-state index contributed by atoms with van der Waals surface area (Å²) in [6, 6.07) is 13.8. The molecule has 2 aliphatic rings. The Morgan fingerprint density at radius 2 is 1.69 bits per heavy atom. The quantitative estimate of drug-likeness (QED) is 0.749. The molecule has 7 heteroatoms. The molecule has 0 bridgehead atoms. The van der Waals surface area contributed by atoms with Gasteiger partial charge in [0.15, 0.2) is 15.0 Å². The van der Waals surface area contributed by atoms with Crippen molar-refractivity contribution in [3.63, 3.8) is 0 Å². The van der Waals surface area contributed by atoms with Gasteiger partial charge in [0.05, 0.1) is 24.0 Å². The van der Waals surface area contributed by atoms with Gasteiger partial charge in [0.1, 0.15) is 0 Å². The Hall–Kier alpha value is -2.12. The van der Waals surface area contributed by atoms with Gasteiger partial charge in [-0.3, -0.25) is 4.79 Å². The molecule has 2 fully saturated rings. The summed E-state index contributed by atoms with van der Waals surface area (Å²) < 4.78 is 24.4. The molecule has 0 radical (unpaired) electrons. The van der Waals surface area contributed by atoms with Crippen LogP contribution in [0, 0.1) is 20.8 Å². The van der Waals surface area contributed by atoms with Crippen LogP contribution in [0.4, 0.5) is 5.69 Å². The molecule has 0 saturated carbocycles. The fraction of sp³-hybridized carbons (Fsp3) is 0.364. The number of anilines is 1. The number of fused-ring (bicyclic) bond motifs is 1. The molecule has 2 saturated heterocycles. The highest BCUT2D eigenvalue weighted by molar-refractivity contribution is 8.16. The van der Waals surface area contributed by atoms with Gasteiger partial charge in [-0.05, 0) is 49.6 Å². The fourth-order valence-electron chi connectivity index (χ4n) is 3.98. The number of hydrogen-bond donors (Lipinski definition) is 0. The smallest absolute Gasteiger partial charge is 0.252 e. The summed E-state index contributed by atoms with van der Waals surface area (Å²) >= 11 is 1.42. The number of rotatable bonds is 3. The van der Waals surface area contributed by atoms with E-state index in [1.165, 1.54) is 11.8 Å². The van der Waals surface area contributed by atoms with Gasteiger partial charge in [-0.15, -0.1) is 0 Å². The first kappa shape index (κ1) is 20.2. The molecule has 0 unspecified atom stereocenters. The second-order valence-corrected chi connectivity index (χ2v) is 11.3. The topological polar surface area (TPSA) is 66.8 Å². The average Bonchev–Trinajstić information content (AvgIpc) is 3.06. The van der Waals surface area contributed by atoms with E-state index in [4.69, 9.17) is 0 Å². The Morgan fingerprint density at radius 3 is 2.34 bits per heavy atom. The number of sulfone groups is 1. The van der Waals surface area contributed by atoms with Crippen LogP contribution in [-0.4, -0.2) is 42.3 Å². The van der Waals surface area contributed by atoms with E-state index in [0.717, 1.165) is 27.9 Å². The maximum atomic E-state index is 12.7. The number of hydrogen-bond acceptors (Lipinski definition) is 4. The monoisotopic (exact) mass is 428 g/mol. The largest absolute Gasteiger partial charge is 0.316 e. The molecule has 0 N–H and O–H groups in total. The van der Waals surface area contributed by atoms with E-state index >= 15 is 0 Å².